The van der Waals surface area contributed by atoms with Crippen LogP contribution in [0.1, 0.15) is 16.1 Å². The van der Waals surface area contributed by atoms with E-state index in [1.807, 2.05) is 13.1 Å². The van der Waals surface area contributed by atoms with Gasteiger partial charge in [0.15, 0.2) is 0 Å². The van der Waals surface area contributed by atoms with Crippen LogP contribution in [0.15, 0.2) is 24.3 Å². The molecule has 1 aliphatic rings. The van der Waals surface area contributed by atoms with Crippen molar-refractivity contribution in [3.8, 4) is 11.3 Å². The summed E-state index contributed by atoms with van der Waals surface area (Å²) in [6.07, 6.45) is -0.000334. The van der Waals surface area contributed by atoms with E-state index >= 15 is 0 Å². The van der Waals surface area contributed by atoms with Gasteiger partial charge in [0.2, 0.25) is 5.95 Å². The molecular formula is C18H22ClN5O2. The third kappa shape index (κ3) is 4.30. The summed E-state index contributed by atoms with van der Waals surface area (Å²) in [7, 11) is 2.04. The van der Waals surface area contributed by atoms with E-state index in [4.69, 9.17) is 22.1 Å². The summed E-state index contributed by atoms with van der Waals surface area (Å²) in [6.45, 7) is 4.62. The Morgan fingerprint density at radius 2 is 2.27 bits per heavy atom. The van der Waals surface area contributed by atoms with Gasteiger partial charge in [0.25, 0.3) is 5.91 Å². The number of carbonyl (C=O) groups is 1. The number of amides is 1. The molecule has 8 heteroatoms. The number of ether oxygens (including phenoxy) is 1. The van der Waals surface area contributed by atoms with Crippen LogP contribution in [0.3, 0.4) is 0 Å². The standard InChI is InChI=1S/C18H22ClN5O2/c1-11-15(19)16(23-18(20)22-11)12-4-3-5-13(8-12)17(25)21-9-14-10-24(2)6-7-26-14/h3-5,8,14H,6-7,9-10H2,1-2H3,(H,21,25)(H2,20,22,23)/t14-/m0/s1. The van der Waals surface area contributed by atoms with Crippen LogP contribution in [0.5, 0.6) is 0 Å². The fraction of sp³-hybridized carbons (Fsp3) is 0.389. The van der Waals surface area contributed by atoms with Crippen molar-refractivity contribution in [2.24, 2.45) is 0 Å². The van der Waals surface area contributed by atoms with E-state index in [1.165, 1.54) is 0 Å². The van der Waals surface area contributed by atoms with Crippen molar-refractivity contribution >= 4 is 23.5 Å². The van der Waals surface area contributed by atoms with Crippen LogP contribution in [0.2, 0.25) is 5.02 Å². The van der Waals surface area contributed by atoms with Gasteiger partial charge >= 0.3 is 0 Å². The zero-order valence-corrected chi connectivity index (χ0v) is 15.6. The van der Waals surface area contributed by atoms with Crippen molar-refractivity contribution in [2.75, 3.05) is 39.0 Å². The number of hydrogen-bond acceptors (Lipinski definition) is 6. The zero-order chi connectivity index (χ0) is 18.7. The van der Waals surface area contributed by atoms with Gasteiger partial charge in [-0.3, -0.25) is 4.79 Å². The molecule has 0 saturated carbocycles. The highest BCUT2D eigenvalue weighted by atomic mass is 35.5. The SMILES string of the molecule is Cc1nc(N)nc(-c2cccc(C(=O)NC[C@H]3CN(C)CCO3)c2)c1Cl. The molecule has 3 rings (SSSR count). The average Bonchev–Trinajstić information content (AvgIpc) is 2.63. The number of aryl methyl sites for hydroxylation is 1. The molecule has 2 heterocycles. The molecular weight excluding hydrogens is 354 g/mol. The first-order valence-electron chi connectivity index (χ1n) is 8.42. The number of nitrogens with zero attached hydrogens (tertiary/aromatic N) is 3. The summed E-state index contributed by atoms with van der Waals surface area (Å²) in [4.78, 5) is 22.9. The first-order valence-corrected chi connectivity index (χ1v) is 8.80. The van der Waals surface area contributed by atoms with E-state index in [-0.39, 0.29) is 18.0 Å². The quantitative estimate of drug-likeness (QED) is 0.845. The molecule has 1 fully saturated rings. The van der Waals surface area contributed by atoms with Crippen LogP contribution in [0.25, 0.3) is 11.3 Å². The molecule has 1 aliphatic heterocycles. The number of halogens is 1. The molecule has 1 saturated heterocycles. The molecule has 7 nitrogen and oxygen atoms in total. The Balaban J connectivity index is 1.74. The lowest BCUT2D eigenvalue weighted by Gasteiger charge is -2.30. The van der Waals surface area contributed by atoms with Gasteiger partial charge in [-0.25, -0.2) is 9.97 Å². The number of anilines is 1. The summed E-state index contributed by atoms with van der Waals surface area (Å²) < 4.78 is 5.67. The minimum Gasteiger partial charge on any atom is -0.374 e. The van der Waals surface area contributed by atoms with Crippen molar-refractivity contribution in [3.63, 3.8) is 0 Å². The lowest BCUT2D eigenvalue weighted by atomic mass is 10.1. The Morgan fingerprint density at radius 1 is 1.46 bits per heavy atom. The molecule has 3 N–H and O–H groups in total. The van der Waals surface area contributed by atoms with Gasteiger partial charge in [-0.2, -0.15) is 0 Å². The van der Waals surface area contributed by atoms with Crippen LogP contribution < -0.4 is 11.1 Å². The second-order valence-electron chi connectivity index (χ2n) is 6.38. The molecule has 0 aliphatic carbocycles. The third-order valence-electron chi connectivity index (χ3n) is 4.26. The molecule has 0 spiro atoms. The Labute approximate surface area is 157 Å². The molecule has 0 bridgehead atoms. The van der Waals surface area contributed by atoms with Crippen LogP contribution in [-0.4, -0.2) is 60.2 Å². The predicted octanol–water partition coefficient (Wildman–Crippen LogP) is 1.75. The van der Waals surface area contributed by atoms with Gasteiger partial charge in [0.05, 0.1) is 29.1 Å². The third-order valence-corrected chi connectivity index (χ3v) is 4.72. The van der Waals surface area contributed by atoms with Crippen molar-refractivity contribution in [1.82, 2.24) is 20.2 Å². The van der Waals surface area contributed by atoms with Gasteiger partial charge in [-0.15, -0.1) is 0 Å². The average molecular weight is 376 g/mol. The second kappa shape index (κ2) is 7.99. The summed E-state index contributed by atoms with van der Waals surface area (Å²) in [5.41, 5.74) is 8.09. The van der Waals surface area contributed by atoms with Crippen LogP contribution >= 0.6 is 11.6 Å². The smallest absolute Gasteiger partial charge is 0.251 e. The predicted molar refractivity (Wildman–Crippen MR) is 101 cm³/mol. The first-order chi connectivity index (χ1) is 12.4. The minimum atomic E-state index is -0.168. The van der Waals surface area contributed by atoms with E-state index in [2.05, 4.69) is 20.2 Å². The lowest BCUT2D eigenvalue weighted by molar-refractivity contribution is -0.0175. The Hall–Kier alpha value is -2.22. The van der Waals surface area contributed by atoms with Gasteiger partial charge in [0.1, 0.15) is 0 Å². The maximum absolute atomic E-state index is 12.5. The second-order valence-corrected chi connectivity index (χ2v) is 6.75. The van der Waals surface area contributed by atoms with E-state index in [0.29, 0.717) is 40.7 Å². The highest BCUT2D eigenvalue weighted by molar-refractivity contribution is 6.33. The van der Waals surface area contributed by atoms with Crippen molar-refractivity contribution < 1.29 is 9.53 Å². The molecule has 1 aromatic heterocycles. The maximum atomic E-state index is 12.5. The highest BCUT2D eigenvalue weighted by Gasteiger charge is 2.19. The molecule has 26 heavy (non-hydrogen) atoms. The number of nitrogen functional groups attached to an aromatic ring is 1. The number of likely N-dealkylation sites (N-methyl/N-ethyl adjacent to an activating group) is 1. The lowest BCUT2D eigenvalue weighted by Crippen LogP contribution is -2.45. The van der Waals surface area contributed by atoms with Gasteiger partial charge < -0.3 is 20.7 Å². The number of hydrogen-bond donors (Lipinski definition) is 2. The number of rotatable bonds is 4. The van der Waals surface area contributed by atoms with Gasteiger partial charge in [0, 0.05) is 30.8 Å². The van der Waals surface area contributed by atoms with E-state index in [0.717, 1.165) is 13.1 Å². The van der Waals surface area contributed by atoms with Gasteiger partial charge in [-0.1, -0.05) is 23.7 Å². The molecule has 2 aromatic rings. The van der Waals surface area contributed by atoms with E-state index in [9.17, 15) is 4.79 Å². The summed E-state index contributed by atoms with van der Waals surface area (Å²) in [6, 6.07) is 7.12. The molecule has 1 amide bonds. The van der Waals surface area contributed by atoms with Crippen molar-refractivity contribution in [3.05, 3.63) is 40.5 Å². The molecule has 0 radical (unpaired) electrons. The topological polar surface area (TPSA) is 93.4 Å². The van der Waals surface area contributed by atoms with Gasteiger partial charge in [-0.05, 0) is 26.1 Å². The number of morpholine rings is 1. The number of aromatic nitrogens is 2. The van der Waals surface area contributed by atoms with E-state index < -0.39 is 0 Å². The fourth-order valence-corrected chi connectivity index (χ4v) is 3.07. The number of carbonyl (C=O) groups excluding carboxylic acids is 1. The van der Waals surface area contributed by atoms with E-state index in [1.54, 1.807) is 25.1 Å². The fourth-order valence-electron chi connectivity index (χ4n) is 2.88. The molecule has 138 valence electrons. The van der Waals surface area contributed by atoms with Crippen LogP contribution in [0, 0.1) is 6.92 Å². The number of nitrogens with two attached hydrogens (primary N) is 1. The van der Waals surface area contributed by atoms with Crippen molar-refractivity contribution in [2.45, 2.75) is 13.0 Å². The molecule has 1 atom stereocenters. The Morgan fingerprint density at radius 3 is 3.04 bits per heavy atom. The Kier molecular flexibility index (Phi) is 5.70. The normalized spacial score (nSPS) is 17.9. The number of benzene rings is 1. The monoisotopic (exact) mass is 375 g/mol. The maximum Gasteiger partial charge on any atom is 0.251 e. The van der Waals surface area contributed by atoms with Crippen LogP contribution in [0.4, 0.5) is 5.95 Å². The summed E-state index contributed by atoms with van der Waals surface area (Å²) >= 11 is 6.31. The van der Waals surface area contributed by atoms with Crippen LogP contribution in [-0.2, 0) is 4.74 Å². The molecule has 0 unspecified atom stereocenters. The molecule has 1 aromatic carbocycles. The minimum absolute atomic E-state index is 0.000334. The number of nitrogens with one attached hydrogen (secondary N) is 1. The first kappa shape index (κ1) is 18.6. The Bertz CT molecular complexity index is 814. The largest absolute Gasteiger partial charge is 0.374 e. The summed E-state index contributed by atoms with van der Waals surface area (Å²) in [5.74, 6) is -0.0196. The van der Waals surface area contributed by atoms with Crippen molar-refractivity contribution in [1.29, 1.82) is 0 Å². The zero-order valence-electron chi connectivity index (χ0n) is 14.8. The summed E-state index contributed by atoms with van der Waals surface area (Å²) in [5, 5.41) is 3.35. The highest BCUT2D eigenvalue weighted by Crippen LogP contribution is 2.29.